The normalized spacial score (nSPS) is 10.3. The molecule has 0 radical (unpaired) electrons. The average molecular weight is 283 g/mol. The predicted molar refractivity (Wildman–Crippen MR) is 86.2 cm³/mol. The van der Waals surface area contributed by atoms with Crippen LogP contribution in [-0.4, -0.2) is 12.5 Å². The van der Waals surface area contributed by atoms with Gasteiger partial charge >= 0.3 is 0 Å². The molecule has 2 rings (SSSR count). The quantitative estimate of drug-likeness (QED) is 0.910. The molecule has 0 saturated heterocycles. The fourth-order valence-corrected chi connectivity index (χ4v) is 2.25. The molecule has 2 aromatic rings. The summed E-state index contributed by atoms with van der Waals surface area (Å²) in [7, 11) is 0. The van der Waals surface area contributed by atoms with Gasteiger partial charge in [0.1, 0.15) is 5.75 Å². The van der Waals surface area contributed by atoms with Gasteiger partial charge in [0.05, 0.1) is 12.3 Å². The Morgan fingerprint density at radius 3 is 2.43 bits per heavy atom. The fraction of sp³-hybridized carbons (Fsp3) is 0.278. The van der Waals surface area contributed by atoms with Crippen LogP contribution in [-0.2, 0) is 0 Å². The monoisotopic (exact) mass is 283 g/mol. The highest BCUT2D eigenvalue weighted by molar-refractivity contribution is 6.06. The molecule has 0 atom stereocenters. The third-order valence-electron chi connectivity index (χ3n) is 3.52. The van der Waals surface area contributed by atoms with E-state index in [0.717, 1.165) is 11.1 Å². The van der Waals surface area contributed by atoms with Gasteiger partial charge in [0, 0.05) is 5.56 Å². The number of rotatable bonds is 4. The van der Waals surface area contributed by atoms with E-state index in [0.29, 0.717) is 23.6 Å². The van der Waals surface area contributed by atoms with Gasteiger partial charge in [0.2, 0.25) is 0 Å². The summed E-state index contributed by atoms with van der Waals surface area (Å²) in [6, 6.07) is 11.4. The number of aryl methyl sites for hydroxylation is 3. The van der Waals surface area contributed by atoms with E-state index in [2.05, 4.69) is 12.2 Å². The van der Waals surface area contributed by atoms with Crippen molar-refractivity contribution in [1.82, 2.24) is 0 Å². The largest absolute Gasteiger partial charge is 0.492 e. The minimum absolute atomic E-state index is 0.109. The third-order valence-corrected chi connectivity index (χ3v) is 3.52. The second-order valence-electron chi connectivity index (χ2n) is 5.13. The minimum Gasteiger partial charge on any atom is -0.492 e. The minimum atomic E-state index is -0.109. The SMILES string of the molecule is CCOc1ccccc1NC(=O)c1cc(C)c(C)cc1C. The maximum absolute atomic E-state index is 12.5. The van der Waals surface area contributed by atoms with Crippen LogP contribution < -0.4 is 10.1 Å². The topological polar surface area (TPSA) is 38.3 Å². The second kappa shape index (κ2) is 6.44. The lowest BCUT2D eigenvalue weighted by Crippen LogP contribution is -2.14. The van der Waals surface area contributed by atoms with Crippen LogP contribution in [0.5, 0.6) is 5.75 Å². The maximum atomic E-state index is 12.5. The van der Waals surface area contributed by atoms with Crippen molar-refractivity contribution in [2.75, 3.05) is 11.9 Å². The molecule has 0 aromatic heterocycles. The van der Waals surface area contributed by atoms with Crippen molar-refractivity contribution in [3.05, 3.63) is 58.7 Å². The van der Waals surface area contributed by atoms with E-state index < -0.39 is 0 Å². The number of nitrogens with one attached hydrogen (secondary N) is 1. The van der Waals surface area contributed by atoms with Gasteiger partial charge in [0.25, 0.3) is 5.91 Å². The lowest BCUT2D eigenvalue weighted by molar-refractivity contribution is 0.102. The zero-order valence-electron chi connectivity index (χ0n) is 13.0. The van der Waals surface area contributed by atoms with Gasteiger partial charge in [-0.15, -0.1) is 0 Å². The van der Waals surface area contributed by atoms with Gasteiger partial charge in [0.15, 0.2) is 0 Å². The molecule has 0 spiro atoms. The lowest BCUT2D eigenvalue weighted by atomic mass is 10.0. The number of ether oxygens (including phenoxy) is 1. The number of benzene rings is 2. The molecule has 110 valence electrons. The van der Waals surface area contributed by atoms with Gasteiger partial charge in [-0.25, -0.2) is 0 Å². The highest BCUT2D eigenvalue weighted by Gasteiger charge is 2.13. The average Bonchev–Trinajstić information content (AvgIpc) is 2.45. The van der Waals surface area contributed by atoms with E-state index in [1.165, 1.54) is 5.56 Å². The summed E-state index contributed by atoms with van der Waals surface area (Å²) in [6.45, 7) is 8.51. The standard InChI is InChI=1S/C18H21NO2/c1-5-21-17-9-7-6-8-16(17)19-18(20)15-11-13(3)12(2)10-14(15)4/h6-11H,5H2,1-4H3,(H,19,20). The zero-order valence-corrected chi connectivity index (χ0v) is 13.0. The van der Waals surface area contributed by atoms with E-state index in [1.54, 1.807) is 0 Å². The fourth-order valence-electron chi connectivity index (χ4n) is 2.25. The summed E-state index contributed by atoms with van der Waals surface area (Å²) >= 11 is 0. The lowest BCUT2D eigenvalue weighted by Gasteiger charge is -2.13. The molecule has 0 fully saturated rings. The van der Waals surface area contributed by atoms with Crippen molar-refractivity contribution in [2.24, 2.45) is 0 Å². The highest BCUT2D eigenvalue weighted by Crippen LogP contribution is 2.25. The van der Waals surface area contributed by atoms with E-state index >= 15 is 0 Å². The molecule has 0 aliphatic rings. The first-order chi connectivity index (χ1) is 10.0. The van der Waals surface area contributed by atoms with Gasteiger partial charge < -0.3 is 10.1 Å². The Hall–Kier alpha value is -2.29. The molecular formula is C18H21NO2. The van der Waals surface area contributed by atoms with Crippen LogP contribution in [0, 0.1) is 20.8 Å². The summed E-state index contributed by atoms with van der Waals surface area (Å²) in [5.41, 5.74) is 4.68. The first kappa shape index (κ1) is 15.1. The Morgan fingerprint density at radius 2 is 1.71 bits per heavy atom. The molecule has 0 unspecified atom stereocenters. The Kier molecular flexibility index (Phi) is 4.63. The van der Waals surface area contributed by atoms with Crippen LogP contribution in [0.3, 0.4) is 0 Å². The van der Waals surface area contributed by atoms with E-state index in [4.69, 9.17) is 4.74 Å². The number of para-hydroxylation sites is 2. The molecule has 21 heavy (non-hydrogen) atoms. The van der Waals surface area contributed by atoms with Crippen LogP contribution in [0.4, 0.5) is 5.69 Å². The summed E-state index contributed by atoms with van der Waals surface area (Å²) in [4.78, 5) is 12.5. The molecule has 1 N–H and O–H groups in total. The molecule has 0 heterocycles. The van der Waals surface area contributed by atoms with Gasteiger partial charge in [-0.05, 0) is 62.6 Å². The van der Waals surface area contributed by atoms with E-state index in [9.17, 15) is 4.79 Å². The Bertz CT molecular complexity index is 662. The first-order valence-electron chi connectivity index (χ1n) is 7.14. The summed E-state index contributed by atoms with van der Waals surface area (Å²) in [6.07, 6.45) is 0. The van der Waals surface area contributed by atoms with Crippen LogP contribution in [0.15, 0.2) is 36.4 Å². The molecule has 3 nitrogen and oxygen atoms in total. The summed E-state index contributed by atoms with van der Waals surface area (Å²) in [5, 5.41) is 2.94. The van der Waals surface area contributed by atoms with Gasteiger partial charge in [-0.3, -0.25) is 4.79 Å². The highest BCUT2D eigenvalue weighted by atomic mass is 16.5. The Morgan fingerprint density at radius 1 is 1.05 bits per heavy atom. The van der Waals surface area contributed by atoms with E-state index in [1.807, 2.05) is 57.2 Å². The second-order valence-corrected chi connectivity index (χ2v) is 5.13. The smallest absolute Gasteiger partial charge is 0.256 e. The molecule has 1 amide bonds. The van der Waals surface area contributed by atoms with Crippen molar-refractivity contribution in [3.63, 3.8) is 0 Å². The number of carbonyl (C=O) groups is 1. The number of hydrogen-bond acceptors (Lipinski definition) is 2. The summed E-state index contributed by atoms with van der Waals surface area (Å²) < 4.78 is 5.53. The van der Waals surface area contributed by atoms with Crippen LogP contribution in [0.25, 0.3) is 0 Å². The van der Waals surface area contributed by atoms with Crippen molar-refractivity contribution in [2.45, 2.75) is 27.7 Å². The first-order valence-corrected chi connectivity index (χ1v) is 7.14. The van der Waals surface area contributed by atoms with Crippen LogP contribution in [0.1, 0.15) is 34.0 Å². The van der Waals surface area contributed by atoms with Crippen molar-refractivity contribution < 1.29 is 9.53 Å². The van der Waals surface area contributed by atoms with Crippen molar-refractivity contribution in [1.29, 1.82) is 0 Å². The van der Waals surface area contributed by atoms with Gasteiger partial charge in [-0.2, -0.15) is 0 Å². The van der Waals surface area contributed by atoms with Crippen LogP contribution in [0.2, 0.25) is 0 Å². The molecule has 0 bridgehead atoms. The Balaban J connectivity index is 2.28. The third kappa shape index (κ3) is 3.43. The summed E-state index contributed by atoms with van der Waals surface area (Å²) in [5.74, 6) is 0.581. The predicted octanol–water partition coefficient (Wildman–Crippen LogP) is 4.26. The zero-order chi connectivity index (χ0) is 15.4. The number of amides is 1. The molecule has 3 heteroatoms. The molecule has 0 saturated carbocycles. The number of hydrogen-bond donors (Lipinski definition) is 1. The molecule has 2 aromatic carbocycles. The van der Waals surface area contributed by atoms with E-state index in [-0.39, 0.29) is 5.91 Å². The van der Waals surface area contributed by atoms with Crippen LogP contribution >= 0.6 is 0 Å². The number of carbonyl (C=O) groups excluding carboxylic acids is 1. The van der Waals surface area contributed by atoms with Crippen molar-refractivity contribution in [3.8, 4) is 5.75 Å². The van der Waals surface area contributed by atoms with Gasteiger partial charge in [-0.1, -0.05) is 18.2 Å². The number of anilines is 1. The molecular weight excluding hydrogens is 262 g/mol. The molecule has 0 aliphatic heterocycles. The molecule has 0 aliphatic carbocycles. The van der Waals surface area contributed by atoms with Crippen molar-refractivity contribution >= 4 is 11.6 Å². The maximum Gasteiger partial charge on any atom is 0.256 e. The Labute approximate surface area is 126 Å².